The smallest absolute Gasteiger partial charge is 0.414 e. The van der Waals surface area contributed by atoms with Gasteiger partial charge in [-0.15, -0.1) is 0 Å². The fourth-order valence-corrected chi connectivity index (χ4v) is 3.83. The first-order chi connectivity index (χ1) is 16.2. The molecule has 34 heavy (non-hydrogen) atoms. The molecule has 0 spiro atoms. The normalized spacial score (nSPS) is 13.9. The van der Waals surface area contributed by atoms with E-state index in [1.165, 1.54) is 5.56 Å². The predicted molar refractivity (Wildman–Crippen MR) is 126 cm³/mol. The van der Waals surface area contributed by atoms with E-state index in [0.717, 1.165) is 49.5 Å². The number of carboxylic acids is 2. The van der Waals surface area contributed by atoms with Crippen molar-refractivity contribution in [1.29, 1.82) is 0 Å². The van der Waals surface area contributed by atoms with Crippen molar-refractivity contribution in [2.75, 3.05) is 34.4 Å². The number of carbonyl (C=O) groups is 3. The van der Waals surface area contributed by atoms with Crippen molar-refractivity contribution in [3.8, 4) is 11.5 Å². The Hall–Kier alpha value is -3.59. The van der Waals surface area contributed by atoms with Crippen LogP contribution in [0.4, 0.5) is 0 Å². The number of carboxylic acid groups (broad SMARTS) is 2. The maximum atomic E-state index is 12.8. The molecule has 9 nitrogen and oxygen atoms in total. The van der Waals surface area contributed by atoms with Gasteiger partial charge in [-0.2, -0.15) is 0 Å². The topological polar surface area (TPSA) is 117 Å². The van der Waals surface area contributed by atoms with Gasteiger partial charge in [-0.3, -0.25) is 9.69 Å². The largest absolute Gasteiger partial charge is 0.497 e. The Bertz CT molecular complexity index is 945. The summed E-state index contributed by atoms with van der Waals surface area (Å²) in [4.78, 5) is 35.3. The molecule has 0 aromatic heterocycles. The fraction of sp³-hybridized carbons (Fsp3) is 0.400. The summed E-state index contributed by atoms with van der Waals surface area (Å²) in [5.41, 5.74) is 2.29. The van der Waals surface area contributed by atoms with E-state index < -0.39 is 11.9 Å². The van der Waals surface area contributed by atoms with Crippen LogP contribution in [-0.4, -0.2) is 72.2 Å². The van der Waals surface area contributed by atoms with Gasteiger partial charge in [0.25, 0.3) is 0 Å². The number of hydrogen-bond acceptors (Lipinski definition) is 6. The van der Waals surface area contributed by atoms with E-state index in [2.05, 4.69) is 17.0 Å². The average molecular weight is 473 g/mol. The molecule has 2 N–H and O–H groups in total. The standard InChI is InChI=1S/C23H30N2O3.C2H2O4/c1-24(16-18-7-5-4-6-8-18)23(26)19-11-13-25(14-12-19)17-20-15-21(27-2)9-10-22(20)28-3;3-1(4)2(5)6/h4-10,15,19H,11-14,16-17H2,1-3H3;(H,3,4)(H,5,6). The van der Waals surface area contributed by atoms with Crippen molar-refractivity contribution in [3.63, 3.8) is 0 Å². The summed E-state index contributed by atoms with van der Waals surface area (Å²) in [6.45, 7) is 3.30. The molecule has 2 aromatic rings. The SMILES string of the molecule is COc1ccc(OC)c(CN2CCC(C(=O)N(C)Cc3ccccc3)CC2)c1.O=C(O)C(=O)O. The Morgan fingerprint density at radius 1 is 0.971 bits per heavy atom. The van der Waals surface area contributed by atoms with Gasteiger partial charge in [-0.1, -0.05) is 30.3 Å². The number of ether oxygens (including phenoxy) is 2. The van der Waals surface area contributed by atoms with E-state index in [4.69, 9.17) is 29.3 Å². The zero-order valence-electron chi connectivity index (χ0n) is 19.8. The molecule has 3 rings (SSSR count). The maximum Gasteiger partial charge on any atom is 0.414 e. The number of aliphatic carboxylic acids is 2. The number of methoxy groups -OCH3 is 2. The third-order valence-electron chi connectivity index (χ3n) is 5.64. The van der Waals surface area contributed by atoms with Crippen molar-refractivity contribution in [2.24, 2.45) is 5.92 Å². The number of benzene rings is 2. The van der Waals surface area contributed by atoms with Crippen molar-refractivity contribution < 1.29 is 34.1 Å². The monoisotopic (exact) mass is 472 g/mol. The van der Waals surface area contributed by atoms with E-state index >= 15 is 0 Å². The van der Waals surface area contributed by atoms with E-state index in [0.29, 0.717) is 6.54 Å². The fourth-order valence-electron chi connectivity index (χ4n) is 3.83. The molecule has 184 valence electrons. The van der Waals surface area contributed by atoms with Gasteiger partial charge < -0.3 is 24.6 Å². The summed E-state index contributed by atoms with van der Waals surface area (Å²) in [5.74, 6) is -1.57. The summed E-state index contributed by atoms with van der Waals surface area (Å²) in [7, 11) is 5.27. The van der Waals surface area contributed by atoms with Gasteiger partial charge in [-0.25, -0.2) is 9.59 Å². The highest BCUT2D eigenvalue weighted by Crippen LogP contribution is 2.27. The van der Waals surface area contributed by atoms with Crippen molar-refractivity contribution in [1.82, 2.24) is 9.80 Å². The Labute approximate surface area is 199 Å². The molecule has 0 bridgehead atoms. The maximum absolute atomic E-state index is 12.8. The van der Waals surface area contributed by atoms with Gasteiger partial charge in [0.15, 0.2) is 0 Å². The van der Waals surface area contributed by atoms with Crippen LogP contribution in [0.15, 0.2) is 48.5 Å². The molecule has 1 fully saturated rings. The van der Waals surface area contributed by atoms with E-state index in [-0.39, 0.29) is 11.8 Å². The molecular formula is C25H32N2O7. The zero-order valence-corrected chi connectivity index (χ0v) is 19.8. The Balaban J connectivity index is 0.000000604. The predicted octanol–water partition coefficient (Wildman–Crippen LogP) is 2.73. The van der Waals surface area contributed by atoms with E-state index in [9.17, 15) is 4.79 Å². The molecule has 1 aliphatic heterocycles. The summed E-state index contributed by atoms with van der Waals surface area (Å²) < 4.78 is 10.8. The first kappa shape index (κ1) is 26.7. The third-order valence-corrected chi connectivity index (χ3v) is 5.64. The first-order valence-corrected chi connectivity index (χ1v) is 10.9. The molecule has 0 radical (unpaired) electrons. The minimum Gasteiger partial charge on any atom is -0.497 e. The van der Waals surface area contributed by atoms with Gasteiger partial charge in [0.2, 0.25) is 5.91 Å². The summed E-state index contributed by atoms with van der Waals surface area (Å²) >= 11 is 0. The van der Waals surface area contributed by atoms with Crippen LogP contribution in [0.3, 0.4) is 0 Å². The van der Waals surface area contributed by atoms with Crippen LogP contribution in [0, 0.1) is 5.92 Å². The number of hydrogen-bond donors (Lipinski definition) is 2. The Kier molecular flexibility index (Phi) is 10.3. The third kappa shape index (κ3) is 8.08. The van der Waals surface area contributed by atoms with Crippen molar-refractivity contribution in [3.05, 3.63) is 59.7 Å². The highest BCUT2D eigenvalue weighted by atomic mass is 16.5. The molecule has 0 saturated carbocycles. The minimum atomic E-state index is -1.82. The lowest BCUT2D eigenvalue weighted by molar-refractivity contribution is -0.159. The lowest BCUT2D eigenvalue weighted by Gasteiger charge is -2.33. The summed E-state index contributed by atoms with van der Waals surface area (Å²) in [6.07, 6.45) is 1.79. The molecule has 1 aliphatic rings. The zero-order chi connectivity index (χ0) is 25.1. The quantitative estimate of drug-likeness (QED) is 0.591. The van der Waals surface area contributed by atoms with Crippen LogP contribution >= 0.6 is 0 Å². The number of carbonyl (C=O) groups excluding carboxylic acids is 1. The van der Waals surface area contributed by atoms with Gasteiger partial charge in [0, 0.05) is 31.6 Å². The second-order valence-corrected chi connectivity index (χ2v) is 8.02. The number of amides is 1. The van der Waals surface area contributed by atoms with Gasteiger partial charge in [0.05, 0.1) is 14.2 Å². The average Bonchev–Trinajstić information content (AvgIpc) is 2.85. The van der Waals surface area contributed by atoms with Gasteiger partial charge in [0.1, 0.15) is 11.5 Å². The van der Waals surface area contributed by atoms with Crippen molar-refractivity contribution in [2.45, 2.75) is 25.9 Å². The molecule has 0 atom stereocenters. The van der Waals surface area contributed by atoms with Crippen molar-refractivity contribution >= 4 is 17.8 Å². The molecule has 1 heterocycles. The van der Waals surface area contributed by atoms with Crippen LogP contribution in [0.5, 0.6) is 11.5 Å². The second kappa shape index (κ2) is 13.2. The Morgan fingerprint density at radius 3 is 2.12 bits per heavy atom. The molecular weight excluding hydrogens is 440 g/mol. The van der Waals surface area contributed by atoms with Crippen LogP contribution < -0.4 is 9.47 Å². The molecule has 2 aromatic carbocycles. The summed E-state index contributed by atoms with van der Waals surface area (Å²) in [5, 5.41) is 14.8. The van der Waals surface area contributed by atoms with Crippen LogP contribution in [0.1, 0.15) is 24.0 Å². The molecule has 0 aliphatic carbocycles. The van der Waals surface area contributed by atoms with Crippen LogP contribution in [0.25, 0.3) is 0 Å². The van der Waals surface area contributed by atoms with Crippen LogP contribution in [0.2, 0.25) is 0 Å². The summed E-state index contributed by atoms with van der Waals surface area (Å²) in [6, 6.07) is 16.0. The highest BCUT2D eigenvalue weighted by Gasteiger charge is 2.27. The van der Waals surface area contributed by atoms with Gasteiger partial charge >= 0.3 is 11.9 Å². The first-order valence-electron chi connectivity index (χ1n) is 10.9. The molecule has 1 amide bonds. The number of likely N-dealkylation sites (tertiary alicyclic amines) is 1. The Morgan fingerprint density at radius 2 is 1.59 bits per heavy atom. The van der Waals surface area contributed by atoms with Gasteiger partial charge in [-0.05, 0) is 49.7 Å². The van der Waals surface area contributed by atoms with E-state index in [1.807, 2.05) is 48.3 Å². The minimum absolute atomic E-state index is 0.108. The van der Waals surface area contributed by atoms with E-state index in [1.54, 1.807) is 14.2 Å². The molecule has 1 saturated heterocycles. The number of rotatable bonds is 7. The number of piperidine rings is 1. The van der Waals surface area contributed by atoms with Crippen LogP contribution in [-0.2, 0) is 27.5 Å². The number of nitrogens with zero attached hydrogens (tertiary/aromatic N) is 2. The molecule has 9 heteroatoms. The lowest BCUT2D eigenvalue weighted by atomic mass is 9.94. The highest BCUT2D eigenvalue weighted by molar-refractivity contribution is 6.27. The molecule has 0 unspecified atom stereocenters. The second-order valence-electron chi connectivity index (χ2n) is 8.02. The lowest BCUT2D eigenvalue weighted by Crippen LogP contribution is -2.40.